The van der Waals surface area contributed by atoms with Crippen LogP contribution in [0.1, 0.15) is 21.6 Å². The van der Waals surface area contributed by atoms with Crippen LogP contribution in [0.4, 0.5) is 0 Å². The van der Waals surface area contributed by atoms with Gasteiger partial charge in [-0.25, -0.2) is 4.79 Å². The molecule has 0 fully saturated rings. The Morgan fingerprint density at radius 1 is 1.19 bits per heavy atom. The van der Waals surface area contributed by atoms with Gasteiger partial charge in [-0.1, -0.05) is 12.1 Å². The number of aromatic nitrogens is 1. The fourth-order valence-corrected chi connectivity index (χ4v) is 1.81. The number of esters is 1. The van der Waals surface area contributed by atoms with Crippen LogP contribution in [0.3, 0.4) is 0 Å². The van der Waals surface area contributed by atoms with Gasteiger partial charge in [0.15, 0.2) is 0 Å². The molecular weight excluding hydrogens is 268 g/mol. The minimum Gasteiger partial charge on any atom is -0.487 e. The van der Waals surface area contributed by atoms with E-state index in [1.807, 2.05) is 24.3 Å². The first-order valence-corrected chi connectivity index (χ1v) is 6.68. The molecule has 110 valence electrons. The SMILES string of the molecule is COC(=O)c1ccc(COc2ccc(CCN)nc2)cc1. The van der Waals surface area contributed by atoms with Crippen LogP contribution in [0.2, 0.25) is 0 Å². The maximum Gasteiger partial charge on any atom is 0.337 e. The van der Waals surface area contributed by atoms with Crippen LogP contribution in [-0.2, 0) is 17.8 Å². The molecule has 0 unspecified atom stereocenters. The van der Waals surface area contributed by atoms with Crippen molar-refractivity contribution in [2.75, 3.05) is 13.7 Å². The number of benzene rings is 1. The van der Waals surface area contributed by atoms with Gasteiger partial charge >= 0.3 is 5.97 Å². The lowest BCUT2D eigenvalue weighted by Gasteiger charge is -2.07. The highest BCUT2D eigenvalue weighted by molar-refractivity contribution is 5.89. The van der Waals surface area contributed by atoms with E-state index in [9.17, 15) is 4.79 Å². The van der Waals surface area contributed by atoms with Gasteiger partial charge in [0.1, 0.15) is 12.4 Å². The van der Waals surface area contributed by atoms with Crippen LogP contribution in [0.25, 0.3) is 0 Å². The number of methoxy groups -OCH3 is 1. The highest BCUT2D eigenvalue weighted by Crippen LogP contribution is 2.13. The van der Waals surface area contributed by atoms with Crippen molar-refractivity contribution in [3.63, 3.8) is 0 Å². The van der Waals surface area contributed by atoms with E-state index >= 15 is 0 Å². The lowest BCUT2D eigenvalue weighted by atomic mass is 10.1. The molecule has 2 aromatic rings. The van der Waals surface area contributed by atoms with Crippen LogP contribution in [-0.4, -0.2) is 24.6 Å². The molecule has 21 heavy (non-hydrogen) atoms. The third-order valence-corrected chi connectivity index (χ3v) is 2.98. The number of hydrogen-bond donors (Lipinski definition) is 1. The van der Waals surface area contributed by atoms with E-state index in [2.05, 4.69) is 9.72 Å². The Balaban J connectivity index is 1.91. The average molecular weight is 286 g/mol. The summed E-state index contributed by atoms with van der Waals surface area (Å²) in [4.78, 5) is 15.6. The van der Waals surface area contributed by atoms with Crippen molar-refractivity contribution < 1.29 is 14.3 Å². The molecule has 5 nitrogen and oxygen atoms in total. The van der Waals surface area contributed by atoms with Crippen LogP contribution in [0, 0.1) is 0 Å². The molecule has 2 N–H and O–H groups in total. The maximum absolute atomic E-state index is 11.3. The van der Waals surface area contributed by atoms with Crippen molar-refractivity contribution in [2.45, 2.75) is 13.0 Å². The molecule has 0 saturated heterocycles. The van der Waals surface area contributed by atoms with Gasteiger partial charge in [0.05, 0.1) is 18.9 Å². The summed E-state index contributed by atoms with van der Waals surface area (Å²) in [6.45, 7) is 0.999. The van der Waals surface area contributed by atoms with E-state index in [0.29, 0.717) is 24.5 Å². The summed E-state index contributed by atoms with van der Waals surface area (Å²) in [6, 6.07) is 10.9. The van der Waals surface area contributed by atoms with Crippen LogP contribution in [0.15, 0.2) is 42.6 Å². The van der Waals surface area contributed by atoms with Crippen LogP contribution < -0.4 is 10.5 Å². The van der Waals surface area contributed by atoms with Gasteiger partial charge in [-0.2, -0.15) is 0 Å². The van der Waals surface area contributed by atoms with Gasteiger partial charge in [-0.15, -0.1) is 0 Å². The summed E-state index contributed by atoms with van der Waals surface area (Å²) < 4.78 is 10.3. The molecule has 0 spiro atoms. The van der Waals surface area contributed by atoms with Crippen LogP contribution >= 0.6 is 0 Å². The van der Waals surface area contributed by atoms with Crippen molar-refractivity contribution in [2.24, 2.45) is 5.73 Å². The number of pyridine rings is 1. The largest absolute Gasteiger partial charge is 0.487 e. The first-order chi connectivity index (χ1) is 10.2. The second-order valence-electron chi connectivity index (χ2n) is 4.50. The third-order valence-electron chi connectivity index (χ3n) is 2.98. The highest BCUT2D eigenvalue weighted by Gasteiger charge is 2.04. The molecule has 1 heterocycles. The Morgan fingerprint density at radius 3 is 2.52 bits per heavy atom. The lowest BCUT2D eigenvalue weighted by Crippen LogP contribution is -2.04. The summed E-state index contributed by atoms with van der Waals surface area (Å²) in [5.41, 5.74) is 7.91. The standard InChI is InChI=1S/C16H18N2O3/c1-20-16(19)13-4-2-12(3-5-13)11-21-15-7-6-14(8-9-17)18-10-15/h2-7,10H,8-9,11,17H2,1H3. The molecule has 1 aromatic heterocycles. The molecule has 2 rings (SSSR count). The minimum absolute atomic E-state index is 0.345. The smallest absolute Gasteiger partial charge is 0.337 e. The predicted molar refractivity (Wildman–Crippen MR) is 79.1 cm³/mol. The molecule has 0 aliphatic carbocycles. The van der Waals surface area contributed by atoms with Gasteiger partial charge in [0, 0.05) is 12.1 Å². The molecule has 0 radical (unpaired) electrons. The Bertz CT molecular complexity index is 579. The van der Waals surface area contributed by atoms with Gasteiger partial charge < -0.3 is 15.2 Å². The lowest BCUT2D eigenvalue weighted by molar-refractivity contribution is 0.0600. The number of nitrogens with zero attached hydrogens (tertiary/aromatic N) is 1. The number of rotatable bonds is 6. The zero-order valence-corrected chi connectivity index (χ0v) is 11.9. The Labute approximate surface area is 123 Å². The Kier molecular flexibility index (Phi) is 5.29. The van der Waals surface area contributed by atoms with Crippen molar-refractivity contribution in [3.05, 3.63) is 59.4 Å². The molecule has 0 saturated carbocycles. The summed E-state index contributed by atoms with van der Waals surface area (Å²) in [5, 5.41) is 0. The fraction of sp³-hybridized carbons (Fsp3) is 0.250. The molecule has 0 aliphatic heterocycles. The summed E-state index contributed by atoms with van der Waals surface area (Å²) >= 11 is 0. The van der Waals surface area contributed by atoms with E-state index in [1.165, 1.54) is 7.11 Å². The van der Waals surface area contributed by atoms with Gasteiger partial charge in [-0.3, -0.25) is 4.98 Å². The third kappa shape index (κ3) is 4.29. The number of hydrogen-bond acceptors (Lipinski definition) is 5. The van der Waals surface area contributed by atoms with Gasteiger partial charge in [0.2, 0.25) is 0 Å². The van der Waals surface area contributed by atoms with Gasteiger partial charge in [-0.05, 0) is 36.4 Å². The molecule has 0 atom stereocenters. The number of nitrogens with two attached hydrogens (primary N) is 1. The van der Waals surface area contributed by atoms with Crippen molar-refractivity contribution in [3.8, 4) is 5.75 Å². The Morgan fingerprint density at radius 2 is 1.95 bits per heavy atom. The topological polar surface area (TPSA) is 74.4 Å². The van der Waals surface area contributed by atoms with E-state index in [4.69, 9.17) is 10.5 Å². The van der Waals surface area contributed by atoms with E-state index in [0.717, 1.165) is 17.7 Å². The first-order valence-electron chi connectivity index (χ1n) is 6.68. The van der Waals surface area contributed by atoms with E-state index < -0.39 is 0 Å². The second-order valence-corrected chi connectivity index (χ2v) is 4.50. The van der Waals surface area contributed by atoms with E-state index in [1.54, 1.807) is 18.3 Å². The summed E-state index contributed by atoms with van der Waals surface area (Å²) in [6.07, 6.45) is 2.45. The van der Waals surface area contributed by atoms with Crippen molar-refractivity contribution in [1.29, 1.82) is 0 Å². The number of carbonyl (C=O) groups is 1. The minimum atomic E-state index is -0.345. The van der Waals surface area contributed by atoms with Crippen LogP contribution in [0.5, 0.6) is 5.75 Å². The summed E-state index contributed by atoms with van der Waals surface area (Å²) in [5.74, 6) is 0.356. The molecule has 5 heteroatoms. The quantitative estimate of drug-likeness (QED) is 0.821. The Hall–Kier alpha value is -2.40. The van der Waals surface area contributed by atoms with Crippen molar-refractivity contribution >= 4 is 5.97 Å². The fourth-order valence-electron chi connectivity index (χ4n) is 1.81. The maximum atomic E-state index is 11.3. The number of ether oxygens (including phenoxy) is 2. The molecule has 0 bridgehead atoms. The monoisotopic (exact) mass is 286 g/mol. The molecule has 0 aliphatic rings. The average Bonchev–Trinajstić information content (AvgIpc) is 2.54. The molecule has 0 amide bonds. The summed E-state index contributed by atoms with van der Waals surface area (Å²) in [7, 11) is 1.36. The zero-order valence-electron chi connectivity index (χ0n) is 11.9. The van der Waals surface area contributed by atoms with E-state index in [-0.39, 0.29) is 5.97 Å². The first kappa shape index (κ1) is 15.0. The van der Waals surface area contributed by atoms with Gasteiger partial charge in [0.25, 0.3) is 0 Å². The second kappa shape index (κ2) is 7.40. The normalized spacial score (nSPS) is 10.2. The zero-order chi connectivity index (χ0) is 15.1. The molecular formula is C16H18N2O3. The predicted octanol–water partition coefficient (Wildman–Crippen LogP) is 1.95. The molecule has 1 aromatic carbocycles. The number of carbonyl (C=O) groups excluding carboxylic acids is 1. The van der Waals surface area contributed by atoms with Crippen molar-refractivity contribution in [1.82, 2.24) is 4.98 Å². The highest BCUT2D eigenvalue weighted by atomic mass is 16.5.